The molecule has 0 aliphatic carbocycles. The summed E-state index contributed by atoms with van der Waals surface area (Å²) >= 11 is 3.29. The number of nitrogens with zero attached hydrogens (tertiary/aromatic N) is 3. The molecule has 0 saturated carbocycles. The van der Waals surface area contributed by atoms with E-state index < -0.39 is 0 Å². The number of hydrogen-bond acceptors (Lipinski definition) is 4. The molecule has 0 spiro atoms. The van der Waals surface area contributed by atoms with E-state index in [1.54, 1.807) is 12.1 Å². The van der Waals surface area contributed by atoms with Gasteiger partial charge in [0.05, 0.1) is 5.56 Å². The lowest BCUT2D eigenvalue weighted by Gasteiger charge is -2.08. The van der Waals surface area contributed by atoms with E-state index in [1.807, 2.05) is 6.92 Å². The Balaban J connectivity index is 1.79. The number of anilines is 1. The van der Waals surface area contributed by atoms with Gasteiger partial charge in [0.15, 0.2) is 5.65 Å². The predicted molar refractivity (Wildman–Crippen MR) is 103 cm³/mol. The molecule has 4 heterocycles. The van der Waals surface area contributed by atoms with Crippen molar-refractivity contribution in [1.29, 1.82) is 0 Å². The molecule has 0 aromatic carbocycles. The summed E-state index contributed by atoms with van der Waals surface area (Å²) in [6.45, 7) is 2.73. The molecule has 0 atom stereocenters. The van der Waals surface area contributed by atoms with Gasteiger partial charge in [0.25, 0.3) is 11.5 Å². The number of hydrogen-bond donors (Lipinski definition) is 2. The second-order valence-electron chi connectivity index (χ2n) is 6.49. The maximum absolute atomic E-state index is 12.9. The van der Waals surface area contributed by atoms with Gasteiger partial charge in [-0.1, -0.05) is 6.42 Å². The minimum Gasteiger partial charge on any atom is -0.326 e. The van der Waals surface area contributed by atoms with E-state index in [1.165, 1.54) is 12.6 Å². The smallest absolute Gasteiger partial charge is 0.271 e. The highest BCUT2D eigenvalue weighted by atomic mass is 79.9. The van der Waals surface area contributed by atoms with Gasteiger partial charge in [-0.05, 0) is 47.8 Å². The van der Waals surface area contributed by atoms with Crippen LogP contribution in [0, 0.1) is 6.92 Å². The SMILES string of the molecule is Cc1cc(C(=O)Nc2cc(Br)c[nH]c2=O)c2nc3n(c2n1)CCCCC3. The van der Waals surface area contributed by atoms with E-state index in [0.717, 1.165) is 43.0 Å². The first-order valence-corrected chi connectivity index (χ1v) is 9.38. The van der Waals surface area contributed by atoms with Crippen molar-refractivity contribution in [2.45, 2.75) is 39.2 Å². The second-order valence-corrected chi connectivity index (χ2v) is 7.40. The van der Waals surface area contributed by atoms with Crippen LogP contribution < -0.4 is 10.9 Å². The second kappa shape index (κ2) is 6.68. The summed E-state index contributed by atoms with van der Waals surface area (Å²) in [5.74, 6) is 0.613. The van der Waals surface area contributed by atoms with Crippen molar-refractivity contribution < 1.29 is 4.79 Å². The normalized spacial score (nSPS) is 14.1. The lowest BCUT2D eigenvalue weighted by Crippen LogP contribution is -2.20. The van der Waals surface area contributed by atoms with Gasteiger partial charge in [0.2, 0.25) is 0 Å². The van der Waals surface area contributed by atoms with E-state index in [9.17, 15) is 9.59 Å². The fourth-order valence-corrected chi connectivity index (χ4v) is 3.67. The molecule has 0 saturated heterocycles. The summed E-state index contributed by atoms with van der Waals surface area (Å²) in [5.41, 5.74) is 2.36. The molecule has 3 aromatic heterocycles. The Morgan fingerprint density at radius 1 is 1.27 bits per heavy atom. The summed E-state index contributed by atoms with van der Waals surface area (Å²) in [4.78, 5) is 36.7. The van der Waals surface area contributed by atoms with Crippen molar-refractivity contribution in [2.75, 3.05) is 5.32 Å². The van der Waals surface area contributed by atoms with Gasteiger partial charge in [-0.15, -0.1) is 0 Å². The Hall–Kier alpha value is -2.48. The maximum atomic E-state index is 12.9. The zero-order valence-electron chi connectivity index (χ0n) is 14.3. The molecule has 2 N–H and O–H groups in total. The standard InChI is InChI=1S/C18H18BrN5O2/c1-10-7-12(17(25)22-13-8-11(19)9-20-18(13)26)15-16(21-10)24-6-4-2-3-5-14(24)23-15/h7-9H,2-6H2,1H3,(H,20,26)(H,22,25). The monoisotopic (exact) mass is 415 g/mol. The number of aryl methyl sites for hydroxylation is 3. The van der Waals surface area contributed by atoms with Crippen LogP contribution in [0.3, 0.4) is 0 Å². The van der Waals surface area contributed by atoms with Crippen LogP contribution in [0.25, 0.3) is 11.2 Å². The van der Waals surface area contributed by atoms with Crippen molar-refractivity contribution in [2.24, 2.45) is 0 Å². The fraction of sp³-hybridized carbons (Fsp3) is 0.333. The number of fused-ring (bicyclic) bond motifs is 3. The van der Waals surface area contributed by atoms with Gasteiger partial charge < -0.3 is 14.9 Å². The van der Waals surface area contributed by atoms with Crippen LogP contribution in [-0.4, -0.2) is 25.4 Å². The highest BCUT2D eigenvalue weighted by molar-refractivity contribution is 9.10. The molecule has 4 rings (SSSR count). The Morgan fingerprint density at radius 2 is 2.12 bits per heavy atom. The number of imidazole rings is 1. The molecule has 134 valence electrons. The first-order chi connectivity index (χ1) is 12.5. The number of rotatable bonds is 2. The maximum Gasteiger partial charge on any atom is 0.271 e. The summed E-state index contributed by atoms with van der Waals surface area (Å²) < 4.78 is 2.80. The third-order valence-corrected chi connectivity index (χ3v) is 5.01. The molecule has 1 aliphatic rings. The molecule has 0 radical (unpaired) electrons. The summed E-state index contributed by atoms with van der Waals surface area (Å²) in [7, 11) is 0. The molecule has 1 aliphatic heterocycles. The van der Waals surface area contributed by atoms with Crippen LogP contribution in [0.4, 0.5) is 5.69 Å². The molecule has 7 nitrogen and oxygen atoms in total. The minimum absolute atomic E-state index is 0.188. The topological polar surface area (TPSA) is 92.7 Å². The largest absolute Gasteiger partial charge is 0.326 e. The number of halogens is 1. The highest BCUT2D eigenvalue weighted by Gasteiger charge is 2.21. The van der Waals surface area contributed by atoms with Crippen LogP contribution in [0.1, 0.15) is 41.1 Å². The van der Waals surface area contributed by atoms with Crippen molar-refractivity contribution in [3.8, 4) is 0 Å². The molecule has 0 fully saturated rings. The van der Waals surface area contributed by atoms with E-state index in [-0.39, 0.29) is 17.2 Å². The van der Waals surface area contributed by atoms with Crippen molar-refractivity contribution in [3.05, 3.63) is 50.2 Å². The molecule has 0 unspecified atom stereocenters. The highest BCUT2D eigenvalue weighted by Crippen LogP contribution is 2.24. The summed E-state index contributed by atoms with van der Waals surface area (Å²) in [6.07, 6.45) is 5.77. The van der Waals surface area contributed by atoms with Gasteiger partial charge in [-0.3, -0.25) is 9.59 Å². The number of aromatic nitrogens is 4. The van der Waals surface area contributed by atoms with Crippen LogP contribution in [0.5, 0.6) is 0 Å². The summed E-state index contributed by atoms with van der Waals surface area (Å²) in [5, 5.41) is 2.69. The average Bonchev–Trinajstić information content (AvgIpc) is 2.79. The van der Waals surface area contributed by atoms with E-state index in [2.05, 4.69) is 35.8 Å². The fourth-order valence-electron chi connectivity index (χ4n) is 3.33. The van der Waals surface area contributed by atoms with Crippen molar-refractivity contribution in [1.82, 2.24) is 19.5 Å². The van der Waals surface area contributed by atoms with Crippen molar-refractivity contribution in [3.63, 3.8) is 0 Å². The lowest BCUT2D eigenvalue weighted by molar-refractivity contribution is 0.102. The third-order valence-electron chi connectivity index (χ3n) is 4.55. The van der Waals surface area contributed by atoms with Crippen molar-refractivity contribution >= 4 is 38.7 Å². The van der Waals surface area contributed by atoms with E-state index in [4.69, 9.17) is 4.98 Å². The van der Waals surface area contributed by atoms with Gasteiger partial charge >= 0.3 is 0 Å². The van der Waals surface area contributed by atoms with Crippen LogP contribution in [-0.2, 0) is 13.0 Å². The molecule has 1 amide bonds. The number of amides is 1. The molecular formula is C18H18BrN5O2. The first kappa shape index (κ1) is 17.0. The van der Waals surface area contributed by atoms with E-state index in [0.29, 0.717) is 15.6 Å². The van der Waals surface area contributed by atoms with Gasteiger partial charge in [-0.2, -0.15) is 0 Å². The zero-order chi connectivity index (χ0) is 18.3. The molecule has 8 heteroatoms. The van der Waals surface area contributed by atoms with Gasteiger partial charge in [0, 0.05) is 29.3 Å². The van der Waals surface area contributed by atoms with Gasteiger partial charge in [0.1, 0.15) is 17.0 Å². The lowest BCUT2D eigenvalue weighted by atomic mass is 10.2. The average molecular weight is 416 g/mol. The first-order valence-electron chi connectivity index (χ1n) is 8.59. The molecule has 26 heavy (non-hydrogen) atoms. The Morgan fingerprint density at radius 3 is 2.96 bits per heavy atom. The number of H-pyrrole nitrogens is 1. The van der Waals surface area contributed by atoms with E-state index >= 15 is 0 Å². The number of carbonyl (C=O) groups is 1. The molecular weight excluding hydrogens is 398 g/mol. The Kier molecular flexibility index (Phi) is 4.36. The predicted octanol–water partition coefficient (Wildman–Crippen LogP) is 3.17. The van der Waals surface area contributed by atoms with Crippen LogP contribution in [0.15, 0.2) is 27.6 Å². The van der Waals surface area contributed by atoms with Crippen LogP contribution >= 0.6 is 15.9 Å². The third kappa shape index (κ3) is 3.05. The summed E-state index contributed by atoms with van der Waals surface area (Å²) in [6, 6.07) is 3.29. The number of nitrogens with one attached hydrogen (secondary N) is 2. The minimum atomic E-state index is -0.364. The number of pyridine rings is 2. The zero-order valence-corrected chi connectivity index (χ0v) is 15.9. The molecule has 3 aromatic rings. The van der Waals surface area contributed by atoms with Gasteiger partial charge in [-0.25, -0.2) is 9.97 Å². The molecule has 0 bridgehead atoms. The number of carbonyl (C=O) groups excluding carboxylic acids is 1. The quantitative estimate of drug-likeness (QED) is 0.671. The Bertz CT molecular complexity index is 1070. The Labute approximate surface area is 158 Å². The number of aromatic amines is 1. The van der Waals surface area contributed by atoms with Crippen LogP contribution in [0.2, 0.25) is 0 Å².